The number of hydrogen-bond donors (Lipinski definition) is 0. The van der Waals surface area contributed by atoms with E-state index in [-0.39, 0.29) is 16.6 Å². The van der Waals surface area contributed by atoms with Crippen molar-refractivity contribution in [3.05, 3.63) is 84.4 Å². The van der Waals surface area contributed by atoms with E-state index in [2.05, 4.69) is 9.97 Å². The molecule has 0 aliphatic heterocycles. The van der Waals surface area contributed by atoms with Gasteiger partial charge in [-0.05, 0) is 42.5 Å². The first-order valence-corrected chi connectivity index (χ1v) is 11.4. The van der Waals surface area contributed by atoms with Crippen molar-refractivity contribution in [1.82, 2.24) is 9.97 Å². The molecule has 4 aromatic rings. The van der Waals surface area contributed by atoms with Crippen LogP contribution in [0.2, 0.25) is 0 Å². The normalized spacial score (nSPS) is 11.5. The number of carbonyl (C=O) groups is 1. The van der Waals surface area contributed by atoms with Crippen LogP contribution in [0, 0.1) is 5.82 Å². The van der Waals surface area contributed by atoms with Gasteiger partial charge in [0.1, 0.15) is 11.6 Å². The number of thiazole rings is 1. The lowest BCUT2D eigenvalue weighted by molar-refractivity contribution is -0.116. The number of carbonyl (C=O) groups excluding carboxylic acids is 1. The number of sulfone groups is 1. The van der Waals surface area contributed by atoms with E-state index in [4.69, 9.17) is 0 Å². The largest absolute Gasteiger partial charge is 0.281 e. The molecule has 30 heavy (non-hydrogen) atoms. The zero-order chi connectivity index (χ0) is 21.1. The van der Waals surface area contributed by atoms with Crippen molar-refractivity contribution in [2.24, 2.45) is 0 Å². The number of aromatic nitrogens is 2. The molecule has 2 aromatic heterocycles. The Morgan fingerprint density at radius 2 is 1.80 bits per heavy atom. The molecule has 0 saturated carbocycles. The van der Waals surface area contributed by atoms with Gasteiger partial charge in [-0.2, -0.15) is 0 Å². The maximum Gasteiger partial charge on any atom is 0.244 e. The second kappa shape index (κ2) is 8.29. The lowest BCUT2D eigenvalue weighted by Crippen LogP contribution is -2.35. The van der Waals surface area contributed by atoms with E-state index in [0.717, 1.165) is 11.3 Å². The van der Waals surface area contributed by atoms with Crippen LogP contribution in [0.15, 0.2) is 77.8 Å². The lowest BCUT2D eigenvalue weighted by atomic mass is 10.3. The molecule has 0 spiro atoms. The standard InChI is InChI=1S/C21H16FN3O3S2/c22-15-9-10-18-19(12-15)29-21(24-18)25(13-16-6-4-5-11-23-16)20(26)14-30(27,28)17-7-2-1-3-8-17/h1-12H,13-14H2. The molecule has 1 amide bonds. The van der Waals surface area contributed by atoms with E-state index in [1.807, 2.05) is 0 Å². The fourth-order valence-corrected chi connectivity index (χ4v) is 5.10. The van der Waals surface area contributed by atoms with Gasteiger partial charge in [0.2, 0.25) is 5.91 Å². The number of rotatable bonds is 6. The fraction of sp³-hybridized carbons (Fsp3) is 0.0952. The van der Waals surface area contributed by atoms with Gasteiger partial charge >= 0.3 is 0 Å². The van der Waals surface area contributed by atoms with E-state index in [9.17, 15) is 17.6 Å². The van der Waals surface area contributed by atoms with Crippen molar-refractivity contribution in [3.63, 3.8) is 0 Å². The van der Waals surface area contributed by atoms with Crippen LogP contribution >= 0.6 is 11.3 Å². The summed E-state index contributed by atoms with van der Waals surface area (Å²) in [6.07, 6.45) is 1.59. The summed E-state index contributed by atoms with van der Waals surface area (Å²) in [4.78, 5) is 23.1. The number of benzene rings is 2. The topological polar surface area (TPSA) is 80.2 Å². The maximum absolute atomic E-state index is 13.6. The molecule has 0 bridgehead atoms. The summed E-state index contributed by atoms with van der Waals surface area (Å²) in [7, 11) is -3.84. The fourth-order valence-electron chi connectivity index (χ4n) is 2.87. The number of fused-ring (bicyclic) bond motifs is 1. The Bertz CT molecular complexity index is 1290. The third-order valence-corrected chi connectivity index (χ3v) is 6.99. The third kappa shape index (κ3) is 4.37. The minimum absolute atomic E-state index is 0.0479. The summed E-state index contributed by atoms with van der Waals surface area (Å²) in [6, 6.07) is 17.2. The molecule has 152 valence electrons. The quantitative estimate of drug-likeness (QED) is 0.454. The van der Waals surface area contributed by atoms with Gasteiger partial charge in [0.05, 0.1) is 27.4 Å². The second-order valence-electron chi connectivity index (χ2n) is 6.48. The van der Waals surface area contributed by atoms with E-state index in [0.29, 0.717) is 15.9 Å². The minimum Gasteiger partial charge on any atom is -0.281 e. The zero-order valence-electron chi connectivity index (χ0n) is 15.6. The van der Waals surface area contributed by atoms with Gasteiger partial charge in [0, 0.05) is 6.20 Å². The molecule has 0 aliphatic rings. The molecule has 0 N–H and O–H groups in total. The first-order chi connectivity index (χ1) is 14.4. The van der Waals surface area contributed by atoms with Crippen LogP contribution in [-0.2, 0) is 21.2 Å². The summed E-state index contributed by atoms with van der Waals surface area (Å²) >= 11 is 1.12. The van der Waals surface area contributed by atoms with Crippen LogP contribution in [-0.4, -0.2) is 30.0 Å². The van der Waals surface area contributed by atoms with Crippen molar-refractivity contribution in [2.75, 3.05) is 10.7 Å². The smallest absolute Gasteiger partial charge is 0.244 e. The van der Waals surface area contributed by atoms with E-state index >= 15 is 0 Å². The van der Waals surface area contributed by atoms with Crippen molar-refractivity contribution in [3.8, 4) is 0 Å². The van der Waals surface area contributed by atoms with Crippen LogP contribution < -0.4 is 4.90 Å². The van der Waals surface area contributed by atoms with Crippen LogP contribution in [0.4, 0.5) is 9.52 Å². The minimum atomic E-state index is -3.84. The van der Waals surface area contributed by atoms with E-state index in [1.54, 1.807) is 42.6 Å². The summed E-state index contributed by atoms with van der Waals surface area (Å²) in [5.41, 5.74) is 1.11. The number of halogens is 1. The molecular weight excluding hydrogens is 425 g/mol. The molecular formula is C21H16FN3O3S2. The van der Waals surface area contributed by atoms with Gasteiger partial charge in [-0.1, -0.05) is 35.6 Å². The van der Waals surface area contributed by atoms with Crippen molar-refractivity contribution in [1.29, 1.82) is 0 Å². The van der Waals surface area contributed by atoms with Gasteiger partial charge in [0.15, 0.2) is 15.0 Å². The Morgan fingerprint density at radius 3 is 2.53 bits per heavy atom. The average Bonchev–Trinajstić information content (AvgIpc) is 3.15. The maximum atomic E-state index is 13.6. The highest BCUT2D eigenvalue weighted by molar-refractivity contribution is 7.92. The van der Waals surface area contributed by atoms with E-state index < -0.39 is 27.3 Å². The Kier molecular flexibility index (Phi) is 5.56. The SMILES string of the molecule is O=C(CS(=O)(=O)c1ccccc1)N(Cc1ccccn1)c1nc2ccc(F)cc2s1. The molecule has 0 saturated heterocycles. The monoisotopic (exact) mass is 441 g/mol. The number of anilines is 1. The summed E-state index contributed by atoms with van der Waals surface area (Å²) in [5, 5.41) is 0.287. The van der Waals surface area contributed by atoms with Crippen LogP contribution in [0.5, 0.6) is 0 Å². The molecule has 0 radical (unpaired) electrons. The first-order valence-electron chi connectivity index (χ1n) is 8.96. The summed E-state index contributed by atoms with van der Waals surface area (Å²) in [5.74, 6) is -1.76. The predicted octanol–water partition coefficient (Wildman–Crippen LogP) is 3.84. The number of pyridine rings is 1. The molecule has 9 heteroatoms. The van der Waals surface area contributed by atoms with Crippen LogP contribution in [0.3, 0.4) is 0 Å². The van der Waals surface area contributed by atoms with Gasteiger partial charge in [-0.15, -0.1) is 0 Å². The third-order valence-electron chi connectivity index (χ3n) is 4.33. The molecule has 0 fully saturated rings. The highest BCUT2D eigenvalue weighted by Crippen LogP contribution is 2.30. The highest BCUT2D eigenvalue weighted by Gasteiger charge is 2.27. The Hall–Kier alpha value is -3.17. The molecule has 6 nitrogen and oxygen atoms in total. The molecule has 0 aliphatic carbocycles. The first kappa shape index (κ1) is 20.1. The molecule has 0 atom stereocenters. The Morgan fingerprint density at radius 1 is 1.03 bits per heavy atom. The molecule has 4 rings (SSSR count). The molecule has 2 heterocycles. The van der Waals surface area contributed by atoms with Gasteiger partial charge in [-0.25, -0.2) is 17.8 Å². The Labute approximate surface area is 176 Å². The Balaban J connectivity index is 1.70. The lowest BCUT2D eigenvalue weighted by Gasteiger charge is -2.19. The molecule has 0 unspecified atom stereocenters. The summed E-state index contributed by atoms with van der Waals surface area (Å²) in [6.45, 7) is 0.0479. The van der Waals surface area contributed by atoms with Gasteiger partial charge < -0.3 is 0 Å². The van der Waals surface area contributed by atoms with E-state index in [1.165, 1.54) is 35.2 Å². The molecule has 2 aromatic carbocycles. The van der Waals surface area contributed by atoms with Crippen LogP contribution in [0.25, 0.3) is 10.2 Å². The number of hydrogen-bond acceptors (Lipinski definition) is 6. The van der Waals surface area contributed by atoms with Gasteiger partial charge in [-0.3, -0.25) is 14.7 Å². The van der Waals surface area contributed by atoms with Crippen molar-refractivity contribution >= 4 is 42.4 Å². The number of amides is 1. The highest BCUT2D eigenvalue weighted by atomic mass is 32.2. The van der Waals surface area contributed by atoms with Crippen LogP contribution in [0.1, 0.15) is 5.69 Å². The average molecular weight is 442 g/mol. The second-order valence-corrected chi connectivity index (χ2v) is 9.48. The van der Waals surface area contributed by atoms with Crippen molar-refractivity contribution < 1.29 is 17.6 Å². The zero-order valence-corrected chi connectivity index (χ0v) is 17.2. The van der Waals surface area contributed by atoms with Crippen molar-refractivity contribution in [2.45, 2.75) is 11.4 Å². The summed E-state index contributed by atoms with van der Waals surface area (Å²) < 4.78 is 39.6. The van der Waals surface area contributed by atoms with Gasteiger partial charge in [0.25, 0.3) is 0 Å². The number of nitrogens with zero attached hydrogens (tertiary/aromatic N) is 3. The predicted molar refractivity (Wildman–Crippen MR) is 113 cm³/mol.